The van der Waals surface area contributed by atoms with Crippen molar-refractivity contribution in [1.29, 1.82) is 0 Å². The van der Waals surface area contributed by atoms with Gasteiger partial charge in [0.25, 0.3) is 0 Å². The fourth-order valence-corrected chi connectivity index (χ4v) is 4.56. The molecule has 3 aromatic carbocycles. The van der Waals surface area contributed by atoms with E-state index in [9.17, 15) is 9.59 Å². The number of benzene rings is 3. The van der Waals surface area contributed by atoms with Crippen molar-refractivity contribution in [1.82, 2.24) is 4.90 Å². The van der Waals surface area contributed by atoms with E-state index >= 15 is 0 Å². The van der Waals surface area contributed by atoms with Gasteiger partial charge in [-0.2, -0.15) is 0 Å². The van der Waals surface area contributed by atoms with Crippen LogP contribution in [0.1, 0.15) is 45.5 Å². The number of rotatable bonds is 8. The molecule has 1 saturated heterocycles. The molecule has 1 aliphatic heterocycles. The van der Waals surface area contributed by atoms with Gasteiger partial charge in [-0.15, -0.1) is 0 Å². The minimum absolute atomic E-state index is 0.0570. The van der Waals surface area contributed by atoms with E-state index in [1.54, 1.807) is 0 Å². The maximum absolute atomic E-state index is 13.4. The summed E-state index contributed by atoms with van der Waals surface area (Å²) >= 11 is 0. The lowest BCUT2D eigenvalue weighted by molar-refractivity contribution is 0.0809. The van der Waals surface area contributed by atoms with Crippen LogP contribution in [0.15, 0.2) is 91.0 Å². The Morgan fingerprint density at radius 1 is 0.781 bits per heavy atom. The molecule has 4 nitrogen and oxygen atoms in total. The Morgan fingerprint density at radius 2 is 1.28 bits per heavy atom. The first-order valence-corrected chi connectivity index (χ1v) is 11.3. The summed E-state index contributed by atoms with van der Waals surface area (Å²) in [7, 11) is 0. The van der Waals surface area contributed by atoms with Crippen LogP contribution in [-0.4, -0.2) is 36.1 Å². The zero-order valence-corrected chi connectivity index (χ0v) is 18.3. The van der Waals surface area contributed by atoms with Crippen LogP contribution in [0.4, 0.5) is 0 Å². The Bertz CT molecular complexity index is 1030. The molecule has 4 heteroatoms. The maximum Gasteiger partial charge on any atom is 0.187 e. The number of ketones is 2. The molecule has 0 saturated carbocycles. The van der Waals surface area contributed by atoms with Crippen LogP contribution in [0.25, 0.3) is 0 Å². The molecule has 1 atom stereocenters. The van der Waals surface area contributed by atoms with Gasteiger partial charge in [0.15, 0.2) is 11.6 Å². The van der Waals surface area contributed by atoms with Crippen LogP contribution in [0.3, 0.4) is 0 Å². The zero-order chi connectivity index (χ0) is 22.4. The second kappa shape index (κ2) is 10.0. The van der Waals surface area contributed by atoms with E-state index in [1.165, 1.54) is 0 Å². The zero-order valence-electron chi connectivity index (χ0n) is 18.3. The molecule has 3 aromatic rings. The molecule has 0 aromatic heterocycles. The Hall–Kier alpha value is -3.08. The molecule has 0 radical (unpaired) electrons. The molecule has 2 N–H and O–H groups in total. The van der Waals surface area contributed by atoms with E-state index in [0.717, 1.165) is 43.6 Å². The monoisotopic (exact) mass is 426 g/mol. The maximum atomic E-state index is 13.4. The Labute approximate surface area is 190 Å². The van der Waals surface area contributed by atoms with Gasteiger partial charge >= 0.3 is 0 Å². The van der Waals surface area contributed by atoms with Crippen molar-refractivity contribution in [3.8, 4) is 0 Å². The van der Waals surface area contributed by atoms with Crippen molar-refractivity contribution in [3.05, 3.63) is 108 Å². The number of likely N-dealkylation sites (tertiary alicyclic amines) is 1. The number of hydrogen-bond donors (Lipinski definition) is 1. The Morgan fingerprint density at radius 3 is 1.84 bits per heavy atom. The van der Waals surface area contributed by atoms with Crippen molar-refractivity contribution in [3.63, 3.8) is 0 Å². The van der Waals surface area contributed by atoms with E-state index in [2.05, 4.69) is 4.90 Å². The van der Waals surface area contributed by atoms with Gasteiger partial charge in [0.2, 0.25) is 0 Å². The molecule has 1 heterocycles. The molecule has 0 spiro atoms. The molecule has 4 rings (SSSR count). The number of hydrogen-bond acceptors (Lipinski definition) is 4. The van der Waals surface area contributed by atoms with Crippen LogP contribution in [-0.2, 0) is 5.54 Å². The number of carbonyl (C=O) groups excluding carboxylic acids is 2. The lowest BCUT2D eigenvalue weighted by atomic mass is 9.80. The highest BCUT2D eigenvalue weighted by Crippen LogP contribution is 2.29. The van der Waals surface area contributed by atoms with Crippen molar-refractivity contribution >= 4 is 11.6 Å². The van der Waals surface area contributed by atoms with E-state index in [0.29, 0.717) is 12.0 Å². The smallest absolute Gasteiger partial charge is 0.187 e. The van der Waals surface area contributed by atoms with Crippen molar-refractivity contribution in [2.45, 2.75) is 24.8 Å². The SMILES string of the molecule is NC(CCN1CCC(C(=O)c2ccccc2)CC1)(C(=O)c1ccccc1)c1ccccc1. The highest BCUT2D eigenvalue weighted by molar-refractivity contribution is 6.03. The largest absolute Gasteiger partial charge is 0.315 e. The van der Waals surface area contributed by atoms with E-state index in [1.807, 2.05) is 91.0 Å². The highest BCUT2D eigenvalue weighted by atomic mass is 16.1. The third-order valence-electron chi connectivity index (χ3n) is 6.57. The van der Waals surface area contributed by atoms with Crippen LogP contribution >= 0.6 is 0 Å². The summed E-state index contributed by atoms with van der Waals surface area (Å²) in [6, 6.07) is 28.5. The van der Waals surface area contributed by atoms with Crippen LogP contribution in [0.2, 0.25) is 0 Å². The summed E-state index contributed by atoms with van der Waals surface area (Å²) in [6.45, 7) is 2.40. The molecule has 0 aliphatic carbocycles. The molecule has 0 bridgehead atoms. The predicted molar refractivity (Wildman–Crippen MR) is 128 cm³/mol. The van der Waals surface area contributed by atoms with Gasteiger partial charge in [-0.1, -0.05) is 91.0 Å². The molecular weight excluding hydrogens is 396 g/mol. The first kappa shape index (κ1) is 22.1. The summed E-state index contributed by atoms with van der Waals surface area (Å²) in [6.07, 6.45) is 2.20. The lowest BCUT2D eigenvalue weighted by Gasteiger charge is -2.35. The highest BCUT2D eigenvalue weighted by Gasteiger charge is 2.37. The van der Waals surface area contributed by atoms with E-state index < -0.39 is 5.54 Å². The fraction of sp³-hybridized carbons (Fsp3) is 0.286. The average molecular weight is 427 g/mol. The molecule has 1 fully saturated rings. The minimum atomic E-state index is -1.08. The summed E-state index contributed by atoms with van der Waals surface area (Å²) < 4.78 is 0. The van der Waals surface area contributed by atoms with Gasteiger partial charge in [0.05, 0.1) is 0 Å². The van der Waals surface area contributed by atoms with Gasteiger partial charge < -0.3 is 10.6 Å². The lowest BCUT2D eigenvalue weighted by Crippen LogP contribution is -2.48. The number of carbonyl (C=O) groups is 2. The number of Topliss-reactive ketones (excluding diaryl/α,β-unsaturated/α-hetero) is 2. The average Bonchev–Trinajstić information content (AvgIpc) is 2.88. The Kier molecular flexibility index (Phi) is 6.93. The van der Waals surface area contributed by atoms with Crippen LogP contribution < -0.4 is 5.73 Å². The minimum Gasteiger partial charge on any atom is -0.315 e. The number of nitrogens with two attached hydrogens (primary N) is 1. The van der Waals surface area contributed by atoms with E-state index in [-0.39, 0.29) is 17.5 Å². The molecule has 164 valence electrons. The number of piperidine rings is 1. The molecule has 1 unspecified atom stereocenters. The van der Waals surface area contributed by atoms with Gasteiger partial charge in [0, 0.05) is 23.6 Å². The molecule has 1 aliphatic rings. The van der Waals surface area contributed by atoms with Gasteiger partial charge in [-0.3, -0.25) is 9.59 Å². The predicted octanol–water partition coefficient (Wildman–Crippen LogP) is 4.71. The summed E-state index contributed by atoms with van der Waals surface area (Å²) in [5.41, 5.74) is 8.01. The van der Waals surface area contributed by atoms with Crippen LogP contribution in [0, 0.1) is 5.92 Å². The van der Waals surface area contributed by atoms with Crippen molar-refractivity contribution < 1.29 is 9.59 Å². The second-order valence-corrected chi connectivity index (χ2v) is 8.63. The van der Waals surface area contributed by atoms with Gasteiger partial charge in [-0.25, -0.2) is 0 Å². The summed E-state index contributed by atoms with van der Waals surface area (Å²) in [4.78, 5) is 28.6. The molecular formula is C28H30N2O2. The topological polar surface area (TPSA) is 63.4 Å². The quantitative estimate of drug-likeness (QED) is 0.530. The standard InChI is InChI=1S/C28H30N2O2/c29-28(25-14-8-3-9-15-25,27(32)24-12-6-2-7-13-24)18-21-30-19-16-23(17-20-30)26(31)22-10-4-1-5-11-22/h1-15,23H,16-21,29H2. The normalized spacial score (nSPS) is 16.9. The third kappa shape index (κ3) is 4.87. The van der Waals surface area contributed by atoms with Crippen molar-refractivity contribution in [2.24, 2.45) is 11.7 Å². The second-order valence-electron chi connectivity index (χ2n) is 8.63. The van der Waals surface area contributed by atoms with E-state index in [4.69, 9.17) is 5.73 Å². The molecule has 0 amide bonds. The molecule has 32 heavy (non-hydrogen) atoms. The fourth-order valence-electron chi connectivity index (χ4n) is 4.56. The first-order valence-electron chi connectivity index (χ1n) is 11.3. The van der Waals surface area contributed by atoms with Crippen LogP contribution in [0.5, 0.6) is 0 Å². The summed E-state index contributed by atoms with van der Waals surface area (Å²) in [5.74, 6) is 0.247. The van der Waals surface area contributed by atoms with Gasteiger partial charge in [0.1, 0.15) is 5.54 Å². The van der Waals surface area contributed by atoms with Crippen molar-refractivity contribution in [2.75, 3.05) is 19.6 Å². The Balaban J connectivity index is 1.42. The number of nitrogens with zero attached hydrogens (tertiary/aromatic N) is 1. The summed E-state index contributed by atoms with van der Waals surface area (Å²) in [5, 5.41) is 0. The first-order chi connectivity index (χ1) is 15.6. The third-order valence-corrected chi connectivity index (χ3v) is 6.57. The van der Waals surface area contributed by atoms with Gasteiger partial charge in [-0.05, 0) is 37.9 Å².